The van der Waals surface area contributed by atoms with Gasteiger partial charge in [0.15, 0.2) is 11.5 Å². The van der Waals surface area contributed by atoms with Crippen LogP contribution in [-0.4, -0.2) is 42.5 Å². The number of hydrogen-bond donors (Lipinski definition) is 2. The van der Waals surface area contributed by atoms with Crippen molar-refractivity contribution >= 4 is 5.91 Å². The van der Waals surface area contributed by atoms with Gasteiger partial charge in [0, 0.05) is 17.3 Å². The first-order chi connectivity index (χ1) is 13.5. The number of para-hydroxylation sites is 1. The van der Waals surface area contributed by atoms with E-state index in [0.717, 1.165) is 42.6 Å². The van der Waals surface area contributed by atoms with Gasteiger partial charge in [-0.25, -0.2) is 0 Å². The van der Waals surface area contributed by atoms with Gasteiger partial charge in [-0.1, -0.05) is 6.07 Å². The molecule has 7 heteroatoms. The first-order valence-electron chi connectivity index (χ1n) is 9.69. The third kappa shape index (κ3) is 4.58. The summed E-state index contributed by atoms with van der Waals surface area (Å²) < 4.78 is 16.9. The average molecular weight is 387 g/mol. The molecule has 3 rings (SSSR count). The summed E-state index contributed by atoms with van der Waals surface area (Å²) in [6.45, 7) is 3.86. The van der Waals surface area contributed by atoms with Gasteiger partial charge < -0.3 is 19.5 Å². The van der Waals surface area contributed by atoms with Gasteiger partial charge in [0.05, 0.1) is 32.4 Å². The van der Waals surface area contributed by atoms with E-state index >= 15 is 0 Å². The Morgan fingerprint density at radius 1 is 1.14 bits per heavy atom. The summed E-state index contributed by atoms with van der Waals surface area (Å²) >= 11 is 0. The average Bonchev–Trinajstić information content (AvgIpc) is 3.01. The van der Waals surface area contributed by atoms with Crippen molar-refractivity contribution < 1.29 is 19.0 Å². The first-order valence-corrected chi connectivity index (χ1v) is 9.69. The Morgan fingerprint density at radius 2 is 1.86 bits per heavy atom. The molecule has 2 N–H and O–H groups in total. The van der Waals surface area contributed by atoms with Crippen LogP contribution in [0.25, 0.3) is 0 Å². The normalized spacial score (nSPS) is 19.1. The van der Waals surface area contributed by atoms with E-state index in [1.807, 2.05) is 32.0 Å². The van der Waals surface area contributed by atoms with E-state index in [1.54, 1.807) is 14.2 Å². The zero-order chi connectivity index (χ0) is 20.1. The van der Waals surface area contributed by atoms with Crippen molar-refractivity contribution in [2.24, 2.45) is 0 Å². The molecule has 0 saturated heterocycles. The SMILES string of the molecule is COc1cccc(OC2CCC(NC(=O)Cc3c(C)n[nH]c3C)CC2)c1OC. The molecular formula is C21H29N3O4. The van der Waals surface area contributed by atoms with Crippen molar-refractivity contribution in [3.05, 3.63) is 35.2 Å². The highest BCUT2D eigenvalue weighted by atomic mass is 16.5. The number of rotatable bonds is 7. The van der Waals surface area contributed by atoms with Gasteiger partial charge in [-0.2, -0.15) is 5.10 Å². The fraction of sp³-hybridized carbons (Fsp3) is 0.524. The van der Waals surface area contributed by atoms with E-state index in [2.05, 4.69) is 15.5 Å². The number of amides is 1. The number of carbonyl (C=O) groups excluding carboxylic acids is 1. The number of carbonyl (C=O) groups is 1. The molecular weight excluding hydrogens is 358 g/mol. The summed E-state index contributed by atoms with van der Waals surface area (Å²) in [7, 11) is 3.22. The number of methoxy groups -OCH3 is 2. The Bertz CT molecular complexity index is 790. The van der Waals surface area contributed by atoms with Crippen molar-refractivity contribution in [1.29, 1.82) is 0 Å². The fourth-order valence-electron chi connectivity index (χ4n) is 3.73. The highest BCUT2D eigenvalue weighted by Crippen LogP contribution is 2.38. The zero-order valence-corrected chi connectivity index (χ0v) is 17.0. The molecule has 1 aromatic carbocycles. The van der Waals surface area contributed by atoms with Crippen molar-refractivity contribution in [3.63, 3.8) is 0 Å². The third-order valence-electron chi connectivity index (χ3n) is 5.32. The Morgan fingerprint density at radius 3 is 2.46 bits per heavy atom. The fourth-order valence-corrected chi connectivity index (χ4v) is 3.73. The van der Waals surface area contributed by atoms with Crippen LogP contribution in [0.5, 0.6) is 17.2 Å². The lowest BCUT2D eigenvalue weighted by molar-refractivity contribution is -0.121. The summed E-state index contributed by atoms with van der Waals surface area (Å²) in [6, 6.07) is 5.82. The van der Waals surface area contributed by atoms with Crippen LogP contribution < -0.4 is 19.5 Å². The van der Waals surface area contributed by atoms with Gasteiger partial charge in [-0.15, -0.1) is 0 Å². The number of aryl methyl sites for hydroxylation is 2. The molecule has 2 aromatic rings. The van der Waals surface area contributed by atoms with E-state index in [0.29, 0.717) is 23.7 Å². The van der Waals surface area contributed by atoms with Crippen molar-refractivity contribution in [1.82, 2.24) is 15.5 Å². The first kappa shape index (κ1) is 20.0. The zero-order valence-electron chi connectivity index (χ0n) is 17.0. The van der Waals surface area contributed by atoms with Gasteiger partial charge in [-0.05, 0) is 51.7 Å². The summed E-state index contributed by atoms with van der Waals surface area (Å²) in [6.07, 6.45) is 4.03. The van der Waals surface area contributed by atoms with E-state index in [-0.39, 0.29) is 18.1 Å². The number of nitrogens with one attached hydrogen (secondary N) is 2. The Hall–Kier alpha value is -2.70. The summed E-state index contributed by atoms with van der Waals surface area (Å²) in [5.74, 6) is 2.02. The number of benzene rings is 1. The van der Waals surface area contributed by atoms with Crippen LogP contribution in [0.1, 0.15) is 42.6 Å². The predicted molar refractivity (Wildman–Crippen MR) is 106 cm³/mol. The number of H-pyrrole nitrogens is 1. The maximum atomic E-state index is 12.4. The number of nitrogens with zero attached hydrogens (tertiary/aromatic N) is 1. The summed E-state index contributed by atoms with van der Waals surface area (Å²) in [5, 5.41) is 10.2. The molecule has 0 unspecified atom stereocenters. The standard InChI is InChI=1S/C21H29N3O4/c1-13-17(14(2)24-23-13)12-20(25)22-15-8-10-16(11-9-15)28-19-7-5-6-18(26-3)21(19)27-4/h5-7,15-16H,8-12H2,1-4H3,(H,22,25)(H,23,24). The number of hydrogen-bond acceptors (Lipinski definition) is 5. The van der Waals surface area contributed by atoms with Crippen LogP contribution in [0, 0.1) is 13.8 Å². The number of aromatic amines is 1. The second-order valence-electron chi connectivity index (χ2n) is 7.24. The lowest BCUT2D eigenvalue weighted by Gasteiger charge is -2.30. The molecule has 1 aromatic heterocycles. The quantitative estimate of drug-likeness (QED) is 0.763. The van der Waals surface area contributed by atoms with E-state index in [4.69, 9.17) is 14.2 Å². The van der Waals surface area contributed by atoms with Crippen LogP contribution in [0.2, 0.25) is 0 Å². The van der Waals surface area contributed by atoms with Crippen molar-refractivity contribution in [3.8, 4) is 17.2 Å². The minimum absolute atomic E-state index is 0.0476. The summed E-state index contributed by atoms with van der Waals surface area (Å²) in [4.78, 5) is 12.4. The number of ether oxygens (including phenoxy) is 3. The van der Waals surface area contributed by atoms with Gasteiger partial charge in [-0.3, -0.25) is 9.89 Å². The Balaban J connectivity index is 1.50. The molecule has 0 atom stereocenters. The molecule has 0 spiro atoms. The second-order valence-corrected chi connectivity index (χ2v) is 7.24. The predicted octanol–water partition coefficient (Wildman–Crippen LogP) is 3.09. The van der Waals surface area contributed by atoms with Crippen LogP contribution >= 0.6 is 0 Å². The summed E-state index contributed by atoms with van der Waals surface area (Å²) in [5.41, 5.74) is 2.83. The second kappa shape index (κ2) is 8.99. The molecule has 0 bridgehead atoms. The molecule has 1 fully saturated rings. The van der Waals surface area contributed by atoms with E-state index in [9.17, 15) is 4.79 Å². The van der Waals surface area contributed by atoms with Gasteiger partial charge in [0.1, 0.15) is 0 Å². The van der Waals surface area contributed by atoms with Crippen LogP contribution in [0.3, 0.4) is 0 Å². The van der Waals surface area contributed by atoms with E-state index < -0.39 is 0 Å². The lowest BCUT2D eigenvalue weighted by atomic mass is 9.92. The highest BCUT2D eigenvalue weighted by molar-refractivity contribution is 5.79. The third-order valence-corrected chi connectivity index (χ3v) is 5.32. The molecule has 0 aliphatic heterocycles. The minimum atomic E-state index is 0.0476. The monoisotopic (exact) mass is 387 g/mol. The number of aromatic nitrogens is 2. The van der Waals surface area contributed by atoms with Gasteiger partial charge in [0.2, 0.25) is 11.7 Å². The molecule has 1 saturated carbocycles. The van der Waals surface area contributed by atoms with Crippen LogP contribution in [0.4, 0.5) is 0 Å². The maximum Gasteiger partial charge on any atom is 0.224 e. The molecule has 1 aliphatic carbocycles. The maximum absolute atomic E-state index is 12.4. The topological polar surface area (TPSA) is 85.5 Å². The molecule has 28 heavy (non-hydrogen) atoms. The van der Waals surface area contributed by atoms with Crippen molar-refractivity contribution in [2.45, 2.75) is 58.1 Å². The van der Waals surface area contributed by atoms with Gasteiger partial charge in [0.25, 0.3) is 0 Å². The lowest BCUT2D eigenvalue weighted by Crippen LogP contribution is -2.40. The molecule has 0 radical (unpaired) electrons. The molecule has 1 aliphatic rings. The van der Waals surface area contributed by atoms with Crippen molar-refractivity contribution in [2.75, 3.05) is 14.2 Å². The minimum Gasteiger partial charge on any atom is -0.493 e. The van der Waals surface area contributed by atoms with Gasteiger partial charge >= 0.3 is 0 Å². The van der Waals surface area contributed by atoms with Crippen LogP contribution in [-0.2, 0) is 11.2 Å². The largest absolute Gasteiger partial charge is 0.493 e. The molecule has 7 nitrogen and oxygen atoms in total. The highest BCUT2D eigenvalue weighted by Gasteiger charge is 2.25. The Kier molecular flexibility index (Phi) is 6.44. The molecule has 1 heterocycles. The van der Waals surface area contributed by atoms with E-state index in [1.165, 1.54) is 0 Å². The molecule has 1 amide bonds. The van der Waals surface area contributed by atoms with Crippen LogP contribution in [0.15, 0.2) is 18.2 Å². The smallest absolute Gasteiger partial charge is 0.224 e. The Labute approximate surface area is 165 Å². The molecule has 152 valence electrons.